The van der Waals surface area contributed by atoms with Gasteiger partial charge in [0.1, 0.15) is 16.8 Å². The topological polar surface area (TPSA) is 83.8 Å². The lowest BCUT2D eigenvalue weighted by molar-refractivity contribution is 0.607. The maximum absolute atomic E-state index is 12.8. The second-order valence-corrected chi connectivity index (χ2v) is 7.62. The smallest absolute Gasteiger partial charge is 0.148 e. The highest BCUT2D eigenvalue weighted by molar-refractivity contribution is 7.83. The van der Waals surface area contributed by atoms with Crippen LogP contribution in [0.5, 0.6) is 0 Å². The van der Waals surface area contributed by atoms with E-state index < -0.39 is 11.0 Å². The Hall–Kier alpha value is -2.15. The Labute approximate surface area is 160 Å². The van der Waals surface area contributed by atoms with Gasteiger partial charge in [-0.25, -0.2) is 8.93 Å². The van der Waals surface area contributed by atoms with Crippen LogP contribution in [-0.2, 0) is 23.8 Å². The van der Waals surface area contributed by atoms with Gasteiger partial charge in [0.25, 0.3) is 0 Å². The highest BCUT2D eigenvalue weighted by Crippen LogP contribution is 2.25. The van der Waals surface area contributed by atoms with Crippen molar-refractivity contribution in [1.29, 1.82) is 0 Å². The summed E-state index contributed by atoms with van der Waals surface area (Å²) < 4.78 is 16.0. The minimum absolute atomic E-state index is 0.214. The fourth-order valence-corrected chi connectivity index (χ4v) is 3.97. The van der Waals surface area contributed by atoms with Crippen LogP contribution in [0.15, 0.2) is 59.5 Å². The first-order valence-electron chi connectivity index (χ1n) is 8.38. The molecule has 0 saturated heterocycles. The molecule has 26 heavy (non-hydrogen) atoms. The molecule has 0 aliphatic heterocycles. The van der Waals surface area contributed by atoms with E-state index in [0.717, 1.165) is 23.2 Å². The van der Waals surface area contributed by atoms with Gasteiger partial charge in [-0.05, 0) is 42.7 Å². The van der Waals surface area contributed by atoms with Crippen LogP contribution in [-0.4, -0.2) is 14.4 Å². The average Bonchev–Trinajstić information content (AvgIpc) is 3.03. The molecule has 0 aliphatic carbocycles. The van der Waals surface area contributed by atoms with Crippen molar-refractivity contribution in [3.05, 3.63) is 76.4 Å². The molecule has 0 aliphatic rings. The zero-order valence-corrected chi connectivity index (χ0v) is 16.0. The number of aromatic nitrogens is 2. The third-order valence-electron chi connectivity index (χ3n) is 4.19. The van der Waals surface area contributed by atoms with Gasteiger partial charge in [-0.15, -0.1) is 0 Å². The molecule has 0 radical (unpaired) electrons. The predicted molar refractivity (Wildman–Crippen MR) is 106 cm³/mol. The molecule has 1 aromatic heterocycles. The molecule has 3 aromatic rings. The summed E-state index contributed by atoms with van der Waals surface area (Å²) in [5.41, 5.74) is 8.94. The molecule has 2 aromatic carbocycles. The number of aromatic amines is 1. The number of hydrogen-bond acceptors (Lipinski definition) is 3. The Bertz CT molecular complexity index is 880. The summed E-state index contributed by atoms with van der Waals surface area (Å²) in [6, 6.07) is 16.8. The SMILES string of the molecule is CCc1c(N)n[nH]c1C(Cc1ccccc1)NS(=O)c1ccc(Cl)cc1. The van der Waals surface area contributed by atoms with Crippen molar-refractivity contribution in [1.82, 2.24) is 14.9 Å². The molecule has 0 saturated carbocycles. The van der Waals surface area contributed by atoms with Gasteiger partial charge < -0.3 is 5.73 Å². The lowest BCUT2D eigenvalue weighted by Gasteiger charge is -2.19. The normalized spacial score (nSPS) is 13.5. The van der Waals surface area contributed by atoms with E-state index in [1.165, 1.54) is 0 Å². The lowest BCUT2D eigenvalue weighted by atomic mass is 10.0. The molecule has 136 valence electrons. The quantitative estimate of drug-likeness (QED) is 0.575. The van der Waals surface area contributed by atoms with E-state index in [4.69, 9.17) is 17.3 Å². The van der Waals surface area contributed by atoms with Crippen molar-refractivity contribution in [3.8, 4) is 0 Å². The Kier molecular flexibility index (Phi) is 6.08. The van der Waals surface area contributed by atoms with Gasteiger partial charge in [0.05, 0.1) is 16.6 Å². The van der Waals surface area contributed by atoms with Crippen molar-refractivity contribution < 1.29 is 4.21 Å². The summed E-state index contributed by atoms with van der Waals surface area (Å²) in [5.74, 6) is 0.486. The number of rotatable bonds is 7. The van der Waals surface area contributed by atoms with Gasteiger partial charge >= 0.3 is 0 Å². The fraction of sp³-hybridized carbons (Fsp3) is 0.211. The maximum atomic E-state index is 12.8. The molecule has 4 N–H and O–H groups in total. The van der Waals surface area contributed by atoms with Crippen LogP contribution in [0.4, 0.5) is 5.82 Å². The molecular formula is C19H21ClN4OS. The first-order chi connectivity index (χ1) is 12.6. The van der Waals surface area contributed by atoms with Gasteiger partial charge in [-0.2, -0.15) is 5.10 Å². The largest absolute Gasteiger partial charge is 0.382 e. The monoisotopic (exact) mass is 388 g/mol. The minimum atomic E-state index is -1.39. The Morgan fingerprint density at radius 2 is 1.88 bits per heavy atom. The van der Waals surface area contributed by atoms with E-state index >= 15 is 0 Å². The summed E-state index contributed by atoms with van der Waals surface area (Å²) in [6.07, 6.45) is 1.41. The number of hydrogen-bond donors (Lipinski definition) is 3. The van der Waals surface area contributed by atoms with E-state index in [9.17, 15) is 4.21 Å². The second-order valence-electron chi connectivity index (χ2n) is 5.94. The molecule has 2 atom stereocenters. The number of benzene rings is 2. The second kappa shape index (κ2) is 8.49. The zero-order valence-electron chi connectivity index (χ0n) is 14.4. The third kappa shape index (κ3) is 4.33. The Morgan fingerprint density at radius 3 is 2.54 bits per heavy atom. The summed E-state index contributed by atoms with van der Waals surface area (Å²) in [5, 5.41) is 7.77. The third-order valence-corrected chi connectivity index (χ3v) is 5.64. The highest BCUT2D eigenvalue weighted by Gasteiger charge is 2.22. The van der Waals surface area contributed by atoms with Gasteiger partial charge in [-0.1, -0.05) is 48.9 Å². The van der Waals surface area contributed by atoms with Crippen molar-refractivity contribution in [2.24, 2.45) is 0 Å². The van der Waals surface area contributed by atoms with Gasteiger partial charge in [0, 0.05) is 10.6 Å². The van der Waals surface area contributed by atoms with Crippen molar-refractivity contribution in [3.63, 3.8) is 0 Å². The van der Waals surface area contributed by atoms with E-state index in [1.54, 1.807) is 24.3 Å². The summed E-state index contributed by atoms with van der Waals surface area (Å²) >= 11 is 5.92. The van der Waals surface area contributed by atoms with E-state index in [-0.39, 0.29) is 6.04 Å². The maximum Gasteiger partial charge on any atom is 0.148 e. The van der Waals surface area contributed by atoms with Crippen LogP contribution in [0.2, 0.25) is 5.02 Å². The first-order valence-corrected chi connectivity index (χ1v) is 9.91. The molecule has 1 heterocycles. The fourth-order valence-electron chi connectivity index (χ4n) is 2.86. The summed E-state index contributed by atoms with van der Waals surface area (Å²) in [4.78, 5) is 0.665. The van der Waals surface area contributed by atoms with Gasteiger partial charge in [-0.3, -0.25) is 5.10 Å². The van der Waals surface area contributed by atoms with Gasteiger partial charge in [0.2, 0.25) is 0 Å². The minimum Gasteiger partial charge on any atom is -0.382 e. The number of anilines is 1. The van der Waals surface area contributed by atoms with Crippen molar-refractivity contribution in [2.75, 3.05) is 5.73 Å². The molecule has 0 bridgehead atoms. The van der Waals surface area contributed by atoms with E-state index in [1.807, 2.05) is 37.3 Å². The molecule has 0 spiro atoms. The number of nitrogens with zero attached hydrogens (tertiary/aromatic N) is 1. The van der Waals surface area contributed by atoms with Crippen LogP contribution in [0.3, 0.4) is 0 Å². The first kappa shape index (κ1) is 18.6. The lowest BCUT2D eigenvalue weighted by Crippen LogP contribution is -2.27. The van der Waals surface area contributed by atoms with Crippen molar-refractivity contribution >= 4 is 28.4 Å². The number of halogens is 1. The van der Waals surface area contributed by atoms with Crippen LogP contribution in [0.1, 0.15) is 29.8 Å². The molecule has 2 unspecified atom stereocenters. The number of nitrogen functional groups attached to an aromatic ring is 1. The molecule has 5 nitrogen and oxygen atoms in total. The number of H-pyrrole nitrogens is 1. The molecule has 0 amide bonds. The van der Waals surface area contributed by atoms with E-state index in [2.05, 4.69) is 14.9 Å². The molecular weight excluding hydrogens is 368 g/mol. The van der Waals surface area contributed by atoms with E-state index in [0.29, 0.717) is 22.2 Å². The molecule has 7 heteroatoms. The van der Waals surface area contributed by atoms with Crippen LogP contribution in [0.25, 0.3) is 0 Å². The molecule has 0 fully saturated rings. The summed E-state index contributed by atoms with van der Waals surface area (Å²) in [7, 11) is -1.39. The van der Waals surface area contributed by atoms with Crippen molar-refractivity contribution in [2.45, 2.75) is 30.7 Å². The van der Waals surface area contributed by atoms with Crippen LogP contribution in [0, 0.1) is 0 Å². The Balaban J connectivity index is 1.89. The van der Waals surface area contributed by atoms with Gasteiger partial charge in [0.15, 0.2) is 0 Å². The standard InChI is InChI=1S/C19H21ClN4OS/c1-2-16-18(22-23-19(16)21)17(12-13-6-4-3-5-7-13)24-26(25)15-10-8-14(20)9-11-15/h3-11,17,24H,2,12H2,1H3,(H3,21,22,23). The van der Waals surface area contributed by atoms with Crippen LogP contribution < -0.4 is 10.5 Å². The van der Waals surface area contributed by atoms with Crippen LogP contribution >= 0.6 is 11.6 Å². The average molecular weight is 389 g/mol. The number of nitrogens with one attached hydrogen (secondary N) is 2. The predicted octanol–water partition coefficient (Wildman–Crippen LogP) is 3.80. The Morgan fingerprint density at radius 1 is 1.19 bits per heavy atom. The number of nitrogens with two attached hydrogens (primary N) is 1. The highest BCUT2D eigenvalue weighted by atomic mass is 35.5. The summed E-state index contributed by atoms with van der Waals surface area (Å²) in [6.45, 7) is 2.03. The molecule has 3 rings (SSSR count). The zero-order chi connectivity index (χ0) is 18.5.